The lowest BCUT2D eigenvalue weighted by Crippen LogP contribution is -2.26. The number of aliphatic hydroxyl groups excluding tert-OH is 2. The molecule has 0 radical (unpaired) electrons. The average molecular weight is 1230 g/mol. The molecule has 0 aromatic heterocycles. The Morgan fingerprint density at radius 1 is 0.556 bits per heavy atom. The summed E-state index contributed by atoms with van der Waals surface area (Å²) >= 11 is 26.3. The number of hydrogen-bond acceptors (Lipinski definition) is 12. The van der Waals surface area contributed by atoms with E-state index < -0.39 is 17.6 Å². The second-order valence-electron chi connectivity index (χ2n) is 15.5. The van der Waals surface area contributed by atoms with Crippen LogP contribution >= 0.6 is 134 Å². The number of benzene rings is 4. The molecule has 0 saturated carbocycles. The monoisotopic (exact) mass is 1230 g/mol. The molecule has 0 aliphatic heterocycles. The van der Waals surface area contributed by atoms with Crippen LogP contribution in [0.3, 0.4) is 0 Å². The zero-order chi connectivity index (χ0) is 46.9. The van der Waals surface area contributed by atoms with Crippen molar-refractivity contribution < 1.29 is 29.2 Å². The van der Waals surface area contributed by atoms with E-state index in [1.54, 1.807) is 70.6 Å². The molecule has 4 rings (SSSR count). The van der Waals surface area contributed by atoms with Gasteiger partial charge in [-0.05, 0) is 120 Å². The maximum atomic E-state index is 11.1. The summed E-state index contributed by atoms with van der Waals surface area (Å²) in [5.74, 6) is 1.42. The van der Waals surface area contributed by atoms with E-state index in [2.05, 4.69) is 139 Å². The van der Waals surface area contributed by atoms with Crippen LogP contribution in [0.2, 0.25) is 0 Å². The van der Waals surface area contributed by atoms with Gasteiger partial charge in [0.25, 0.3) is 0 Å². The van der Waals surface area contributed by atoms with Gasteiger partial charge in [-0.1, -0.05) is 77.6 Å². The molecule has 0 spiro atoms. The Bertz CT molecular complexity index is 2120. The quantitative estimate of drug-likeness (QED) is 0.0549. The van der Waals surface area contributed by atoms with Gasteiger partial charge in [-0.25, -0.2) is 0 Å². The molecule has 0 fully saturated rings. The Labute approximate surface area is 435 Å². The number of thioether (sulfide) groups is 6. The summed E-state index contributed by atoms with van der Waals surface area (Å²) < 4.78 is 28.6. The van der Waals surface area contributed by atoms with Crippen LogP contribution in [0.25, 0.3) is 0 Å². The van der Waals surface area contributed by atoms with Crippen LogP contribution in [-0.2, 0) is 21.3 Å². The molecule has 0 amide bonds. The lowest BCUT2D eigenvalue weighted by molar-refractivity contribution is -0.0211. The van der Waals surface area contributed by atoms with Gasteiger partial charge in [0.15, 0.2) is 0 Å². The maximum Gasteiger partial charge on any atom is 0.127 e. The van der Waals surface area contributed by atoms with Crippen molar-refractivity contribution in [3.8, 4) is 11.5 Å². The van der Waals surface area contributed by atoms with Crippen LogP contribution in [0.4, 0.5) is 0 Å². The summed E-state index contributed by atoms with van der Waals surface area (Å²) in [5, 5.41) is 22.1. The summed E-state index contributed by atoms with van der Waals surface area (Å²) in [6.45, 7) is 15.6. The molecule has 16 heteroatoms. The summed E-state index contributed by atoms with van der Waals surface area (Å²) in [5.41, 5.74) is 7.77. The highest BCUT2D eigenvalue weighted by atomic mass is 79.9. The molecule has 0 heterocycles. The molecule has 63 heavy (non-hydrogen) atoms. The van der Waals surface area contributed by atoms with Crippen molar-refractivity contribution in [1.29, 1.82) is 0 Å². The molecular weight excluding hydrogens is 1170 g/mol. The molecule has 2 N–H and O–H groups in total. The van der Waals surface area contributed by atoms with Crippen LogP contribution in [-0.4, -0.2) is 93.0 Å². The van der Waals surface area contributed by atoms with Crippen molar-refractivity contribution in [2.75, 3.05) is 70.6 Å². The van der Waals surface area contributed by atoms with E-state index in [1.165, 1.54) is 34.9 Å². The summed E-state index contributed by atoms with van der Waals surface area (Å²) in [4.78, 5) is 7.40. The Morgan fingerprint density at radius 3 is 1.29 bits per heavy atom. The van der Waals surface area contributed by atoms with Crippen LogP contribution in [0.5, 0.6) is 11.5 Å². The summed E-state index contributed by atoms with van der Waals surface area (Å²) in [6.07, 6.45) is 11.5. The van der Waals surface area contributed by atoms with Gasteiger partial charge in [0.1, 0.15) is 36.9 Å². The zero-order valence-electron chi connectivity index (χ0n) is 38.3. The number of ether oxygens (including phenoxy) is 4. The third-order valence-electron chi connectivity index (χ3n) is 11.0. The van der Waals surface area contributed by atoms with E-state index in [-0.39, 0.29) is 32.5 Å². The molecule has 6 nitrogen and oxygen atoms in total. The number of hydrogen-bond donors (Lipinski definition) is 2. The highest BCUT2D eigenvalue weighted by Crippen LogP contribution is 2.53. The highest BCUT2D eigenvalue weighted by molar-refractivity contribution is 9.11. The van der Waals surface area contributed by atoms with Crippen molar-refractivity contribution in [2.45, 2.75) is 108 Å². The smallest absolute Gasteiger partial charge is 0.127 e. The van der Waals surface area contributed by atoms with E-state index in [1.807, 2.05) is 34.6 Å². The SMILES string of the molecule is CSc1cc(SC)c(CCOCC(O)COc2c(C)c(Br)c(C(C)(C)c3c(Br)c(C)c(OCC(O)COC(C)c4c(SC)cc(SC)cc4SC)c(C)c3Br)c(Br)c2C)c(SC)c1. The first kappa shape index (κ1) is 55.9. The molecule has 0 aliphatic rings. The van der Waals surface area contributed by atoms with Gasteiger partial charge in [-0.3, -0.25) is 0 Å². The van der Waals surface area contributed by atoms with Crippen LogP contribution < -0.4 is 9.47 Å². The van der Waals surface area contributed by atoms with E-state index in [9.17, 15) is 10.2 Å². The Balaban J connectivity index is 1.46. The summed E-state index contributed by atoms with van der Waals surface area (Å²) in [6, 6.07) is 8.91. The van der Waals surface area contributed by atoms with E-state index in [0.29, 0.717) is 18.1 Å². The molecule has 0 aliphatic carbocycles. The van der Waals surface area contributed by atoms with Crippen molar-refractivity contribution >= 4 is 134 Å². The number of halogens is 4. The molecule has 0 saturated heterocycles. The Morgan fingerprint density at radius 2 is 0.921 bits per heavy atom. The largest absolute Gasteiger partial charge is 0.490 e. The molecule has 4 aromatic rings. The fourth-order valence-electron chi connectivity index (χ4n) is 7.50. The molecule has 4 aromatic carbocycles. The topological polar surface area (TPSA) is 77.4 Å². The van der Waals surface area contributed by atoms with Gasteiger partial charge < -0.3 is 29.2 Å². The van der Waals surface area contributed by atoms with Gasteiger partial charge in [-0.2, -0.15) is 0 Å². The van der Waals surface area contributed by atoms with Gasteiger partial charge in [-0.15, -0.1) is 70.6 Å². The van der Waals surface area contributed by atoms with E-state index in [4.69, 9.17) is 18.9 Å². The number of rotatable bonds is 23. The van der Waals surface area contributed by atoms with Crippen molar-refractivity contribution in [3.05, 3.63) is 86.7 Å². The van der Waals surface area contributed by atoms with E-state index in [0.717, 1.165) is 63.3 Å². The lowest BCUT2D eigenvalue weighted by atomic mass is 9.76. The first-order valence-corrected chi connectivity index (χ1v) is 30.7. The normalized spacial score (nSPS) is 13.4. The standard InChI is InChI=1S/C47H60Br4O6S6/c1-24-41(48)39(42(49)25(2)45(24)56-22-29(52)20-54-15-14-33-34(60-10)16-31(58-8)17-35(33)61-11)47(6,7)40-43(50)26(3)46(27(4)44(40)51)57-23-30(53)21-55-28(5)38-36(62-12)18-32(59-9)19-37(38)63-13/h16-19,28-30,52-53H,14-15,20-23H2,1-13H3. The number of aliphatic hydroxyl groups is 2. The highest BCUT2D eigenvalue weighted by Gasteiger charge is 2.36. The van der Waals surface area contributed by atoms with Crippen molar-refractivity contribution in [3.63, 3.8) is 0 Å². The van der Waals surface area contributed by atoms with Gasteiger partial charge in [0.05, 0.1) is 25.9 Å². The third kappa shape index (κ3) is 13.4. The Hall–Kier alpha value is 0.340. The lowest BCUT2D eigenvalue weighted by Gasteiger charge is -2.34. The summed E-state index contributed by atoms with van der Waals surface area (Å²) in [7, 11) is 0. The average Bonchev–Trinajstić information content (AvgIpc) is 3.27. The van der Waals surface area contributed by atoms with Crippen LogP contribution in [0.15, 0.2) is 71.5 Å². The molecule has 3 unspecified atom stereocenters. The van der Waals surface area contributed by atoms with Crippen LogP contribution in [0, 0.1) is 27.7 Å². The predicted molar refractivity (Wildman–Crippen MR) is 290 cm³/mol. The fraction of sp³-hybridized carbons (Fsp3) is 0.489. The minimum atomic E-state index is -0.831. The van der Waals surface area contributed by atoms with Crippen molar-refractivity contribution in [2.24, 2.45) is 0 Å². The molecule has 0 bridgehead atoms. The zero-order valence-corrected chi connectivity index (χ0v) is 49.5. The van der Waals surface area contributed by atoms with Gasteiger partial charge in [0, 0.05) is 80.5 Å². The molecule has 3 atom stereocenters. The third-order valence-corrected chi connectivity index (χ3v) is 19.5. The van der Waals surface area contributed by atoms with Gasteiger partial charge >= 0.3 is 0 Å². The first-order chi connectivity index (χ1) is 29.8. The first-order valence-electron chi connectivity index (χ1n) is 20.2. The van der Waals surface area contributed by atoms with Gasteiger partial charge in [0.2, 0.25) is 0 Å². The second-order valence-corrected chi connectivity index (χ2v) is 23.8. The molecular formula is C47H60Br4O6S6. The molecule has 348 valence electrons. The second kappa shape index (κ2) is 25.8. The van der Waals surface area contributed by atoms with Crippen LogP contribution in [0.1, 0.15) is 71.4 Å². The van der Waals surface area contributed by atoms with E-state index >= 15 is 0 Å². The predicted octanol–water partition coefficient (Wildman–Crippen LogP) is 15.1. The maximum absolute atomic E-state index is 11.1. The minimum absolute atomic E-state index is 0.0783. The Kier molecular flexibility index (Phi) is 22.9. The fourth-order valence-corrected chi connectivity index (χ4v) is 15.8. The minimum Gasteiger partial charge on any atom is -0.490 e. The van der Waals surface area contributed by atoms with Crippen molar-refractivity contribution in [1.82, 2.24) is 0 Å².